The van der Waals surface area contributed by atoms with Crippen molar-refractivity contribution >= 4 is 46.6 Å². The molecule has 1 amide bonds. The monoisotopic (exact) mass is 540 g/mol. The van der Waals surface area contributed by atoms with Gasteiger partial charge in [-0.05, 0) is 45.0 Å². The Morgan fingerprint density at radius 1 is 1.15 bits per heavy atom. The van der Waals surface area contributed by atoms with Gasteiger partial charge in [-0.25, -0.2) is 9.18 Å². The molecule has 5 nitrogen and oxygen atoms in total. The summed E-state index contributed by atoms with van der Waals surface area (Å²) in [7, 11) is 0. The molecule has 3 rings (SSSR count). The molecule has 0 fully saturated rings. The number of halogens is 7. The van der Waals surface area contributed by atoms with Crippen LogP contribution >= 0.6 is 34.8 Å². The molecule has 1 unspecified atom stereocenters. The van der Waals surface area contributed by atoms with Crippen molar-refractivity contribution in [1.82, 2.24) is 4.90 Å². The quantitative estimate of drug-likeness (QED) is 0.319. The van der Waals surface area contributed by atoms with E-state index in [1.807, 2.05) is 0 Å². The minimum absolute atomic E-state index is 0.0281. The van der Waals surface area contributed by atoms with Crippen LogP contribution in [0, 0.1) is 5.82 Å². The maximum atomic E-state index is 14.5. The summed E-state index contributed by atoms with van der Waals surface area (Å²) in [5.74, 6) is -0.711. The highest BCUT2D eigenvalue weighted by Crippen LogP contribution is 2.50. The van der Waals surface area contributed by atoms with Crippen LogP contribution in [-0.4, -0.2) is 33.5 Å². The first-order chi connectivity index (χ1) is 15.6. The summed E-state index contributed by atoms with van der Waals surface area (Å²) >= 11 is 17.8. The van der Waals surface area contributed by atoms with Gasteiger partial charge in [0.05, 0.1) is 27.3 Å². The lowest BCUT2D eigenvalue weighted by Gasteiger charge is -2.33. The van der Waals surface area contributed by atoms with Crippen molar-refractivity contribution in [3.05, 3.63) is 67.9 Å². The van der Waals surface area contributed by atoms with Crippen molar-refractivity contribution < 1.29 is 32.3 Å². The molecule has 1 aliphatic heterocycles. The molecule has 34 heavy (non-hydrogen) atoms. The van der Waals surface area contributed by atoms with E-state index >= 15 is 0 Å². The number of oxime groups is 1. The third-order valence-electron chi connectivity index (χ3n) is 5.38. The van der Waals surface area contributed by atoms with E-state index < -0.39 is 41.2 Å². The molecule has 0 aliphatic carbocycles. The fourth-order valence-electron chi connectivity index (χ4n) is 3.48. The van der Waals surface area contributed by atoms with Gasteiger partial charge in [-0.2, -0.15) is 13.2 Å². The van der Waals surface area contributed by atoms with E-state index in [1.54, 1.807) is 20.8 Å². The van der Waals surface area contributed by atoms with Gasteiger partial charge in [0.2, 0.25) is 0 Å². The van der Waals surface area contributed by atoms with Gasteiger partial charge in [0.25, 0.3) is 5.60 Å². The maximum absolute atomic E-state index is 14.5. The van der Waals surface area contributed by atoms with Gasteiger partial charge in [-0.3, -0.25) is 4.90 Å². The third kappa shape index (κ3) is 4.92. The Hall–Kier alpha value is -2.23. The molecule has 0 saturated heterocycles. The Balaban J connectivity index is 2.00. The number of rotatable bonds is 4. The van der Waals surface area contributed by atoms with E-state index in [0.717, 1.165) is 23.1 Å². The highest BCUT2D eigenvalue weighted by atomic mass is 35.5. The Morgan fingerprint density at radius 2 is 1.74 bits per heavy atom. The van der Waals surface area contributed by atoms with Gasteiger partial charge in [0.15, 0.2) is 0 Å². The van der Waals surface area contributed by atoms with Crippen LogP contribution < -0.4 is 0 Å². The summed E-state index contributed by atoms with van der Waals surface area (Å²) in [6.07, 6.45) is -6.95. The second-order valence-corrected chi connectivity index (χ2v) is 9.92. The van der Waals surface area contributed by atoms with Crippen LogP contribution in [0.3, 0.4) is 0 Å². The van der Waals surface area contributed by atoms with E-state index in [-0.39, 0.29) is 38.5 Å². The second kappa shape index (κ2) is 9.09. The normalized spacial score (nSPS) is 18.5. The summed E-state index contributed by atoms with van der Waals surface area (Å²) < 4.78 is 57.2. The number of hydrogen-bond donors (Lipinski definition) is 1. The van der Waals surface area contributed by atoms with Crippen LogP contribution in [0.5, 0.6) is 0 Å². The van der Waals surface area contributed by atoms with Crippen molar-refractivity contribution in [1.29, 1.82) is 0 Å². The van der Waals surface area contributed by atoms with Crippen molar-refractivity contribution in [3.8, 4) is 0 Å². The number of alkyl halides is 3. The number of nitrogens with zero attached hydrogens (tertiary/aromatic N) is 2. The molecule has 12 heteroatoms. The molecular formula is C22H19Cl3F4N2O3. The van der Waals surface area contributed by atoms with Gasteiger partial charge in [-0.1, -0.05) is 46.0 Å². The Morgan fingerprint density at radius 3 is 2.24 bits per heavy atom. The molecule has 1 aliphatic rings. The standard InChI is InChI=1S/C22H19Cl3F4N2O3/c1-20(2,3)31(19(32)33)10-12-6-11(4-5-16(12)26)17-9-21(34-30-17,22(27,28)29)13-7-14(23)18(25)15(24)8-13/h4-8H,9-10H2,1-3H3,(H,32,33). The average Bonchev–Trinajstić information content (AvgIpc) is 3.16. The smallest absolute Gasteiger partial charge is 0.435 e. The lowest BCUT2D eigenvalue weighted by Crippen LogP contribution is -2.44. The number of benzene rings is 2. The Kier molecular flexibility index (Phi) is 7.05. The second-order valence-electron chi connectivity index (χ2n) is 8.73. The average molecular weight is 542 g/mol. The summed E-state index contributed by atoms with van der Waals surface area (Å²) in [6, 6.07) is 5.56. The van der Waals surface area contributed by atoms with E-state index in [4.69, 9.17) is 39.6 Å². The summed E-state index contributed by atoms with van der Waals surface area (Å²) in [5.41, 5.74) is -4.13. The zero-order chi connectivity index (χ0) is 25.6. The molecule has 0 bridgehead atoms. The maximum Gasteiger partial charge on any atom is 0.435 e. The molecular weight excluding hydrogens is 523 g/mol. The zero-order valence-electron chi connectivity index (χ0n) is 18.1. The molecule has 2 aromatic rings. The van der Waals surface area contributed by atoms with Crippen molar-refractivity contribution in [2.45, 2.75) is 51.1 Å². The van der Waals surface area contributed by atoms with Crippen molar-refractivity contribution in [2.24, 2.45) is 5.16 Å². The third-order valence-corrected chi connectivity index (χ3v) is 6.58. The van der Waals surface area contributed by atoms with Gasteiger partial charge >= 0.3 is 12.3 Å². The molecule has 2 aromatic carbocycles. The van der Waals surface area contributed by atoms with Crippen LogP contribution in [0.15, 0.2) is 35.5 Å². The lowest BCUT2D eigenvalue weighted by atomic mass is 9.86. The van der Waals surface area contributed by atoms with Crippen LogP contribution in [0.2, 0.25) is 15.1 Å². The first kappa shape index (κ1) is 26.4. The van der Waals surface area contributed by atoms with Crippen LogP contribution in [0.25, 0.3) is 0 Å². The summed E-state index contributed by atoms with van der Waals surface area (Å²) in [4.78, 5) is 17.6. The van der Waals surface area contributed by atoms with E-state index in [0.29, 0.717) is 0 Å². The van der Waals surface area contributed by atoms with E-state index in [9.17, 15) is 27.5 Å². The predicted octanol–water partition coefficient (Wildman–Crippen LogP) is 7.65. The van der Waals surface area contributed by atoms with Gasteiger partial charge < -0.3 is 9.94 Å². The molecule has 1 N–H and O–H groups in total. The Bertz CT molecular complexity index is 1140. The van der Waals surface area contributed by atoms with Crippen molar-refractivity contribution in [2.75, 3.05) is 0 Å². The summed E-state index contributed by atoms with van der Waals surface area (Å²) in [6.45, 7) is 4.59. The molecule has 0 aromatic heterocycles. The van der Waals surface area contributed by atoms with Gasteiger partial charge in [-0.15, -0.1) is 0 Å². The topological polar surface area (TPSA) is 62.1 Å². The molecule has 1 heterocycles. The minimum atomic E-state index is -4.92. The van der Waals surface area contributed by atoms with Gasteiger partial charge in [0.1, 0.15) is 5.82 Å². The highest BCUT2D eigenvalue weighted by Gasteiger charge is 2.62. The predicted molar refractivity (Wildman–Crippen MR) is 121 cm³/mol. The fourth-order valence-corrected chi connectivity index (χ4v) is 4.08. The molecule has 0 spiro atoms. The first-order valence-electron chi connectivity index (χ1n) is 9.83. The number of hydrogen-bond acceptors (Lipinski definition) is 3. The largest absolute Gasteiger partial charge is 0.465 e. The molecule has 1 atom stereocenters. The molecule has 0 radical (unpaired) electrons. The van der Waals surface area contributed by atoms with E-state index in [2.05, 4.69) is 5.16 Å². The van der Waals surface area contributed by atoms with Crippen LogP contribution in [0.4, 0.5) is 22.4 Å². The number of amides is 1. The minimum Gasteiger partial charge on any atom is -0.465 e. The number of carboxylic acid groups (broad SMARTS) is 1. The number of carbonyl (C=O) groups is 1. The van der Waals surface area contributed by atoms with Crippen molar-refractivity contribution in [3.63, 3.8) is 0 Å². The van der Waals surface area contributed by atoms with Crippen LogP contribution in [0.1, 0.15) is 43.9 Å². The van der Waals surface area contributed by atoms with E-state index in [1.165, 1.54) is 12.1 Å². The summed E-state index contributed by atoms with van der Waals surface area (Å²) in [5, 5.41) is 12.7. The molecule has 0 saturated carbocycles. The molecule has 184 valence electrons. The van der Waals surface area contributed by atoms with Gasteiger partial charge in [0, 0.05) is 28.7 Å². The van der Waals surface area contributed by atoms with Crippen LogP contribution in [-0.2, 0) is 17.0 Å². The SMILES string of the molecule is CC(C)(C)N(Cc1cc(C2=NOC(c3cc(Cl)c(Cl)c(Cl)c3)(C(F)(F)F)C2)ccc1F)C(=O)O. The lowest BCUT2D eigenvalue weighted by molar-refractivity contribution is -0.275. The Labute approximate surface area is 207 Å². The first-order valence-corrected chi connectivity index (χ1v) is 11.0. The fraction of sp³-hybridized carbons (Fsp3) is 0.364. The highest BCUT2D eigenvalue weighted by molar-refractivity contribution is 6.48. The zero-order valence-corrected chi connectivity index (χ0v) is 20.4.